The van der Waals surface area contributed by atoms with Gasteiger partial charge in [0.15, 0.2) is 0 Å². The van der Waals surface area contributed by atoms with Crippen molar-refractivity contribution in [2.75, 3.05) is 0 Å². The predicted octanol–water partition coefficient (Wildman–Crippen LogP) is 4.96. The SMILES string of the molecule is CC(C)N1[C@@H]2CCCC[C@H]2N(C(C)C)P1(=O)/N=C/c1ccccc1. The van der Waals surface area contributed by atoms with Gasteiger partial charge in [-0.15, -0.1) is 0 Å². The van der Waals surface area contributed by atoms with E-state index in [1.165, 1.54) is 12.8 Å². The van der Waals surface area contributed by atoms with E-state index in [4.69, 9.17) is 4.76 Å². The van der Waals surface area contributed by atoms with Gasteiger partial charge < -0.3 is 0 Å². The average Bonchev–Trinajstić information content (AvgIpc) is 2.82. The number of hydrogen-bond acceptors (Lipinski definition) is 1. The molecule has 0 spiro atoms. The second-order valence-electron chi connectivity index (χ2n) is 7.54. The van der Waals surface area contributed by atoms with E-state index >= 15 is 0 Å². The maximum absolute atomic E-state index is 14.2. The van der Waals surface area contributed by atoms with Crippen molar-refractivity contribution >= 4 is 13.8 Å². The van der Waals surface area contributed by atoms with Crippen molar-refractivity contribution < 1.29 is 4.57 Å². The van der Waals surface area contributed by atoms with Crippen molar-refractivity contribution in [3.63, 3.8) is 0 Å². The van der Waals surface area contributed by atoms with Crippen LogP contribution in [0, 0.1) is 0 Å². The molecule has 2 aliphatic rings. The quantitative estimate of drug-likeness (QED) is 0.570. The molecule has 0 amide bonds. The van der Waals surface area contributed by atoms with Crippen molar-refractivity contribution in [2.45, 2.75) is 77.5 Å². The van der Waals surface area contributed by atoms with Crippen LogP contribution >= 0.6 is 7.59 Å². The minimum absolute atomic E-state index is 0.234. The summed E-state index contributed by atoms with van der Waals surface area (Å²) in [6.07, 6.45) is 6.55. The van der Waals surface area contributed by atoms with E-state index in [1.807, 2.05) is 36.5 Å². The van der Waals surface area contributed by atoms with Crippen LogP contribution in [0.4, 0.5) is 0 Å². The second-order valence-corrected chi connectivity index (χ2v) is 9.72. The fourth-order valence-electron chi connectivity index (χ4n) is 4.38. The van der Waals surface area contributed by atoms with Crippen LogP contribution in [0.1, 0.15) is 58.9 Å². The first kappa shape index (κ1) is 17.8. The molecule has 1 aliphatic heterocycles. The van der Waals surface area contributed by atoms with Gasteiger partial charge in [0.05, 0.1) is 0 Å². The summed E-state index contributed by atoms with van der Waals surface area (Å²) in [6, 6.07) is 11.2. The summed E-state index contributed by atoms with van der Waals surface area (Å²) in [7, 11) is -2.94. The van der Waals surface area contributed by atoms with Gasteiger partial charge >= 0.3 is 7.59 Å². The monoisotopic (exact) mass is 347 g/mol. The zero-order chi connectivity index (χ0) is 17.3. The molecule has 0 aromatic heterocycles. The Balaban J connectivity index is 2.02. The zero-order valence-electron chi connectivity index (χ0n) is 15.3. The van der Waals surface area contributed by atoms with Crippen LogP contribution in [0.3, 0.4) is 0 Å². The minimum atomic E-state index is -2.94. The fraction of sp³-hybridized carbons (Fsp3) is 0.632. The van der Waals surface area contributed by atoms with Crippen molar-refractivity contribution in [1.29, 1.82) is 0 Å². The highest BCUT2D eigenvalue weighted by Crippen LogP contribution is 2.66. The standard InChI is InChI=1S/C19H30N3OP/c1-15(2)21-18-12-8-9-13-19(18)22(16(3)4)24(21,23)20-14-17-10-6-5-7-11-17/h5-7,10-11,14-16,18-19H,8-9,12-13H2,1-4H3/b20-14+/t18-,19-/m1/s1. The molecule has 2 atom stereocenters. The Hall–Kier alpha value is -0.960. The Morgan fingerprint density at radius 2 is 1.50 bits per heavy atom. The van der Waals surface area contributed by atoms with Gasteiger partial charge in [0.1, 0.15) is 0 Å². The van der Waals surface area contributed by atoms with Gasteiger partial charge in [-0.2, -0.15) is 0 Å². The van der Waals surface area contributed by atoms with Gasteiger partial charge in [0, 0.05) is 30.4 Å². The highest BCUT2D eigenvalue weighted by atomic mass is 31.2. The molecule has 3 rings (SSSR count). The summed E-state index contributed by atoms with van der Waals surface area (Å²) in [5, 5.41) is 0. The lowest BCUT2D eigenvalue weighted by Crippen LogP contribution is -2.43. The zero-order valence-corrected chi connectivity index (χ0v) is 16.2. The van der Waals surface area contributed by atoms with E-state index in [9.17, 15) is 4.57 Å². The summed E-state index contributed by atoms with van der Waals surface area (Å²) in [4.78, 5) is 0. The van der Waals surface area contributed by atoms with Crippen LogP contribution < -0.4 is 0 Å². The van der Waals surface area contributed by atoms with Gasteiger partial charge in [-0.1, -0.05) is 43.2 Å². The Morgan fingerprint density at radius 3 is 1.96 bits per heavy atom. The number of fused-ring (bicyclic) bond motifs is 1. The van der Waals surface area contributed by atoms with Crippen LogP contribution in [0.15, 0.2) is 35.1 Å². The molecule has 1 saturated carbocycles. The van der Waals surface area contributed by atoms with E-state index in [2.05, 4.69) is 37.0 Å². The summed E-state index contributed by atoms with van der Waals surface area (Å²) >= 11 is 0. The lowest BCUT2D eigenvalue weighted by molar-refractivity contribution is 0.173. The smallest absolute Gasteiger partial charge is 0.262 e. The van der Waals surface area contributed by atoms with Gasteiger partial charge in [0.2, 0.25) is 0 Å². The molecule has 132 valence electrons. The molecule has 1 aromatic rings. The third kappa shape index (κ3) is 3.12. The molecule has 1 aliphatic carbocycles. The van der Waals surface area contributed by atoms with Gasteiger partial charge in [0.25, 0.3) is 0 Å². The van der Waals surface area contributed by atoms with Gasteiger partial charge in [-0.05, 0) is 46.1 Å². The van der Waals surface area contributed by atoms with E-state index in [0.29, 0.717) is 12.1 Å². The summed E-state index contributed by atoms with van der Waals surface area (Å²) in [6.45, 7) is 8.61. The van der Waals surface area contributed by atoms with Crippen molar-refractivity contribution in [3.8, 4) is 0 Å². The topological polar surface area (TPSA) is 35.9 Å². The van der Waals surface area contributed by atoms with E-state index in [0.717, 1.165) is 18.4 Å². The lowest BCUT2D eigenvalue weighted by Gasteiger charge is -2.33. The van der Waals surface area contributed by atoms with E-state index in [1.54, 1.807) is 0 Å². The Morgan fingerprint density at radius 1 is 1.00 bits per heavy atom. The molecule has 0 unspecified atom stereocenters. The molecule has 1 saturated heterocycles. The number of rotatable bonds is 4. The first-order chi connectivity index (χ1) is 11.4. The minimum Gasteiger partial charge on any atom is -0.262 e. The largest absolute Gasteiger partial charge is 0.330 e. The van der Waals surface area contributed by atoms with Crippen LogP contribution in [0.5, 0.6) is 0 Å². The number of hydrogen-bond donors (Lipinski definition) is 0. The molecule has 1 aromatic carbocycles. The van der Waals surface area contributed by atoms with Crippen molar-refractivity contribution in [2.24, 2.45) is 4.76 Å². The van der Waals surface area contributed by atoms with Crippen LogP contribution in [0.2, 0.25) is 0 Å². The lowest BCUT2D eigenvalue weighted by atomic mass is 9.89. The average molecular weight is 347 g/mol. The normalized spacial score (nSPS) is 28.1. The molecule has 4 nitrogen and oxygen atoms in total. The van der Waals surface area contributed by atoms with E-state index in [-0.39, 0.29) is 12.1 Å². The van der Waals surface area contributed by atoms with Crippen LogP contribution in [0.25, 0.3) is 0 Å². The maximum atomic E-state index is 14.2. The maximum Gasteiger partial charge on any atom is 0.330 e. The second kappa shape index (κ2) is 7.11. The highest BCUT2D eigenvalue weighted by Gasteiger charge is 2.56. The van der Waals surface area contributed by atoms with Gasteiger partial charge in [-0.25, -0.2) is 14.1 Å². The molecule has 1 heterocycles. The molecular weight excluding hydrogens is 317 g/mol. The first-order valence-corrected chi connectivity index (χ1v) is 10.8. The molecule has 24 heavy (non-hydrogen) atoms. The Labute approximate surface area is 146 Å². The van der Waals surface area contributed by atoms with Crippen LogP contribution in [-0.4, -0.2) is 39.7 Å². The van der Waals surface area contributed by atoms with Gasteiger partial charge in [-0.3, -0.25) is 4.57 Å². The first-order valence-electron chi connectivity index (χ1n) is 9.23. The van der Waals surface area contributed by atoms with Crippen molar-refractivity contribution in [3.05, 3.63) is 35.9 Å². The molecule has 5 heteroatoms. The summed E-state index contributed by atoms with van der Waals surface area (Å²) in [5.74, 6) is 0. The molecule has 0 N–H and O–H groups in total. The summed E-state index contributed by atoms with van der Waals surface area (Å²) in [5.41, 5.74) is 1.01. The highest BCUT2D eigenvalue weighted by molar-refractivity contribution is 7.58. The molecular formula is C19H30N3OP. The predicted molar refractivity (Wildman–Crippen MR) is 102 cm³/mol. The van der Waals surface area contributed by atoms with Crippen LogP contribution in [-0.2, 0) is 4.57 Å². The molecule has 0 radical (unpaired) electrons. The third-order valence-electron chi connectivity index (χ3n) is 5.19. The number of nitrogens with zero attached hydrogens (tertiary/aromatic N) is 3. The third-order valence-corrected chi connectivity index (χ3v) is 8.33. The fourth-order valence-corrected chi connectivity index (χ4v) is 7.66. The van der Waals surface area contributed by atoms with E-state index < -0.39 is 7.59 Å². The Bertz CT molecular complexity index is 601. The number of benzene rings is 1. The Kier molecular flexibility index (Phi) is 5.29. The molecule has 2 fully saturated rings. The summed E-state index contributed by atoms with van der Waals surface area (Å²) < 4.78 is 23.4. The molecule has 0 bridgehead atoms. The van der Waals surface area contributed by atoms with Crippen molar-refractivity contribution in [1.82, 2.24) is 9.34 Å².